The molecule has 2 aromatic carbocycles. The Balaban J connectivity index is 1.58. The van der Waals surface area contributed by atoms with Crippen molar-refractivity contribution < 1.29 is 14.4 Å². The number of aryl methyl sites for hydroxylation is 3. The number of methoxy groups -OCH3 is 1. The number of carbonyl (C=O) groups excluding carboxylic acids is 1. The third-order valence-corrected chi connectivity index (χ3v) is 5.77. The number of benzene rings is 2. The Kier molecular flexibility index (Phi) is 6.25. The number of hydrogen-bond donors (Lipinski definition) is 2. The van der Waals surface area contributed by atoms with E-state index in [1.165, 1.54) is 16.2 Å². The van der Waals surface area contributed by atoms with E-state index in [1.807, 2.05) is 19.1 Å². The molecule has 3 rings (SSSR count). The molecule has 0 radical (unpaired) electrons. The van der Waals surface area contributed by atoms with Gasteiger partial charge in [-0.3, -0.25) is 4.79 Å². The number of ether oxygens (including phenoxy) is 1. The maximum Gasteiger partial charge on any atom is 0.282 e. The van der Waals surface area contributed by atoms with Crippen molar-refractivity contribution in [3.05, 3.63) is 53.1 Å². The SMILES string of the molecule is COc1ccc(N2CC[NH+]([C@@H](C)C(=O)Nc3c(C)cc(C)cc3C)CC2)cc1. The summed E-state index contributed by atoms with van der Waals surface area (Å²) in [6.07, 6.45) is 0. The van der Waals surface area contributed by atoms with Crippen molar-refractivity contribution in [3.63, 3.8) is 0 Å². The van der Waals surface area contributed by atoms with E-state index in [0.717, 1.165) is 48.7 Å². The summed E-state index contributed by atoms with van der Waals surface area (Å²) in [7, 11) is 1.68. The van der Waals surface area contributed by atoms with Crippen LogP contribution in [0, 0.1) is 20.8 Å². The number of nitrogens with one attached hydrogen (secondary N) is 2. The van der Waals surface area contributed by atoms with E-state index < -0.39 is 0 Å². The first kappa shape index (κ1) is 20.2. The number of anilines is 2. The fraction of sp³-hybridized carbons (Fsp3) is 0.435. The van der Waals surface area contributed by atoms with E-state index in [2.05, 4.69) is 55.3 Å². The van der Waals surface area contributed by atoms with Crippen LogP contribution in [-0.2, 0) is 4.79 Å². The second-order valence-electron chi connectivity index (χ2n) is 7.83. The van der Waals surface area contributed by atoms with Crippen LogP contribution >= 0.6 is 0 Å². The Labute approximate surface area is 168 Å². The predicted octanol–water partition coefficient (Wildman–Crippen LogP) is 2.35. The molecule has 0 aliphatic carbocycles. The van der Waals surface area contributed by atoms with Gasteiger partial charge in [0.15, 0.2) is 6.04 Å². The van der Waals surface area contributed by atoms with Crippen molar-refractivity contribution in [1.82, 2.24) is 0 Å². The van der Waals surface area contributed by atoms with Crippen molar-refractivity contribution in [2.75, 3.05) is 43.5 Å². The summed E-state index contributed by atoms with van der Waals surface area (Å²) in [6, 6.07) is 12.4. The third kappa shape index (κ3) is 4.47. The Bertz CT molecular complexity index is 801. The molecular weight excluding hydrogens is 350 g/mol. The van der Waals surface area contributed by atoms with E-state index in [0.29, 0.717) is 0 Å². The topological polar surface area (TPSA) is 46.0 Å². The highest BCUT2D eigenvalue weighted by molar-refractivity contribution is 5.95. The number of hydrogen-bond acceptors (Lipinski definition) is 3. The molecule has 2 aromatic rings. The lowest BCUT2D eigenvalue weighted by molar-refractivity contribution is -0.914. The van der Waals surface area contributed by atoms with Crippen LogP contribution in [0.15, 0.2) is 36.4 Å². The quantitative estimate of drug-likeness (QED) is 0.835. The second kappa shape index (κ2) is 8.65. The summed E-state index contributed by atoms with van der Waals surface area (Å²) in [5, 5.41) is 3.17. The van der Waals surface area contributed by atoms with Gasteiger partial charge in [-0.25, -0.2) is 0 Å². The summed E-state index contributed by atoms with van der Waals surface area (Å²) in [4.78, 5) is 16.6. The first-order valence-electron chi connectivity index (χ1n) is 10.0. The molecule has 0 spiro atoms. The van der Waals surface area contributed by atoms with Gasteiger partial charge in [0, 0.05) is 11.4 Å². The molecule has 28 heavy (non-hydrogen) atoms. The summed E-state index contributed by atoms with van der Waals surface area (Å²) in [6.45, 7) is 12.0. The van der Waals surface area contributed by atoms with Gasteiger partial charge in [0.2, 0.25) is 0 Å². The van der Waals surface area contributed by atoms with E-state index in [-0.39, 0.29) is 11.9 Å². The zero-order valence-corrected chi connectivity index (χ0v) is 17.6. The molecule has 0 bridgehead atoms. The number of nitrogens with zero attached hydrogens (tertiary/aromatic N) is 1. The Hall–Kier alpha value is -2.53. The summed E-state index contributed by atoms with van der Waals surface area (Å²) in [5.41, 5.74) is 5.64. The highest BCUT2D eigenvalue weighted by Crippen LogP contribution is 2.22. The first-order chi connectivity index (χ1) is 13.4. The van der Waals surface area contributed by atoms with Crippen molar-refractivity contribution in [3.8, 4) is 5.75 Å². The van der Waals surface area contributed by atoms with Gasteiger partial charge in [-0.05, 0) is 63.1 Å². The largest absolute Gasteiger partial charge is 0.497 e. The summed E-state index contributed by atoms with van der Waals surface area (Å²) in [5.74, 6) is 0.975. The molecule has 1 fully saturated rings. The highest BCUT2D eigenvalue weighted by atomic mass is 16.5. The molecule has 150 valence electrons. The van der Waals surface area contributed by atoms with Gasteiger partial charge < -0.3 is 19.9 Å². The van der Waals surface area contributed by atoms with Gasteiger partial charge in [0.1, 0.15) is 5.75 Å². The van der Waals surface area contributed by atoms with Crippen molar-refractivity contribution in [1.29, 1.82) is 0 Å². The lowest BCUT2D eigenvalue weighted by atomic mass is 10.0. The highest BCUT2D eigenvalue weighted by Gasteiger charge is 2.29. The van der Waals surface area contributed by atoms with Crippen LogP contribution in [0.3, 0.4) is 0 Å². The smallest absolute Gasteiger partial charge is 0.282 e. The zero-order valence-electron chi connectivity index (χ0n) is 17.6. The number of amides is 1. The lowest BCUT2D eigenvalue weighted by Gasteiger charge is -2.36. The van der Waals surface area contributed by atoms with Gasteiger partial charge in [-0.2, -0.15) is 0 Å². The van der Waals surface area contributed by atoms with E-state index in [1.54, 1.807) is 7.11 Å². The van der Waals surface area contributed by atoms with Crippen molar-refractivity contribution >= 4 is 17.3 Å². The second-order valence-corrected chi connectivity index (χ2v) is 7.83. The summed E-state index contributed by atoms with van der Waals surface area (Å²) >= 11 is 0. The fourth-order valence-electron chi connectivity index (χ4n) is 4.07. The van der Waals surface area contributed by atoms with Crippen LogP contribution in [-0.4, -0.2) is 45.2 Å². The Morgan fingerprint density at radius 2 is 1.64 bits per heavy atom. The average molecular weight is 383 g/mol. The Morgan fingerprint density at radius 1 is 1.07 bits per heavy atom. The minimum Gasteiger partial charge on any atom is -0.497 e. The number of piperazine rings is 1. The molecule has 1 saturated heterocycles. The maximum absolute atomic E-state index is 12.9. The molecular formula is C23H32N3O2+. The standard InChI is InChI=1S/C23H31N3O2/c1-16-14-17(2)22(18(3)15-16)24-23(27)19(4)25-10-12-26(13-11-25)20-6-8-21(28-5)9-7-20/h6-9,14-15,19H,10-13H2,1-5H3,(H,24,27)/p+1/t19-/m0/s1. The van der Waals surface area contributed by atoms with Crippen LogP contribution < -0.4 is 19.9 Å². The van der Waals surface area contributed by atoms with E-state index in [9.17, 15) is 4.79 Å². The minimum absolute atomic E-state index is 0.0712. The Morgan fingerprint density at radius 3 is 2.18 bits per heavy atom. The average Bonchev–Trinajstić information content (AvgIpc) is 2.70. The number of carbonyl (C=O) groups is 1. The number of rotatable bonds is 5. The molecule has 1 amide bonds. The molecule has 5 heteroatoms. The van der Waals surface area contributed by atoms with Crippen LogP contribution in [0.4, 0.5) is 11.4 Å². The molecule has 2 N–H and O–H groups in total. The molecule has 1 heterocycles. The third-order valence-electron chi connectivity index (χ3n) is 5.77. The van der Waals surface area contributed by atoms with Gasteiger partial charge in [0.05, 0.1) is 33.3 Å². The molecule has 1 aliphatic heterocycles. The van der Waals surface area contributed by atoms with Crippen molar-refractivity contribution in [2.24, 2.45) is 0 Å². The molecule has 5 nitrogen and oxygen atoms in total. The van der Waals surface area contributed by atoms with Crippen LogP contribution in [0.1, 0.15) is 23.6 Å². The summed E-state index contributed by atoms with van der Waals surface area (Å²) < 4.78 is 5.24. The lowest BCUT2D eigenvalue weighted by Crippen LogP contribution is -3.19. The van der Waals surface area contributed by atoms with Crippen LogP contribution in [0.5, 0.6) is 5.75 Å². The molecule has 1 atom stereocenters. The van der Waals surface area contributed by atoms with E-state index in [4.69, 9.17) is 4.74 Å². The first-order valence-corrected chi connectivity index (χ1v) is 10.0. The van der Waals surface area contributed by atoms with E-state index >= 15 is 0 Å². The number of quaternary nitrogens is 1. The minimum atomic E-state index is -0.0712. The van der Waals surface area contributed by atoms with Crippen LogP contribution in [0.2, 0.25) is 0 Å². The molecule has 0 aromatic heterocycles. The monoisotopic (exact) mass is 382 g/mol. The van der Waals surface area contributed by atoms with Gasteiger partial charge >= 0.3 is 0 Å². The van der Waals surface area contributed by atoms with Gasteiger partial charge in [0.25, 0.3) is 5.91 Å². The van der Waals surface area contributed by atoms with Gasteiger partial charge in [-0.15, -0.1) is 0 Å². The normalized spacial score (nSPS) is 16.0. The molecule has 0 unspecified atom stereocenters. The molecule has 0 saturated carbocycles. The van der Waals surface area contributed by atoms with Crippen molar-refractivity contribution in [2.45, 2.75) is 33.7 Å². The van der Waals surface area contributed by atoms with Crippen LogP contribution in [0.25, 0.3) is 0 Å². The molecule has 1 aliphatic rings. The predicted molar refractivity (Wildman–Crippen MR) is 115 cm³/mol. The van der Waals surface area contributed by atoms with Gasteiger partial charge in [-0.1, -0.05) is 17.7 Å². The fourth-order valence-corrected chi connectivity index (χ4v) is 4.07. The zero-order chi connectivity index (χ0) is 20.3. The maximum atomic E-state index is 12.9.